The third-order valence-corrected chi connectivity index (χ3v) is 6.13. The van der Waals surface area contributed by atoms with Gasteiger partial charge in [0, 0.05) is 13.1 Å². The van der Waals surface area contributed by atoms with Crippen molar-refractivity contribution in [3.8, 4) is 11.5 Å². The van der Waals surface area contributed by atoms with E-state index >= 15 is 0 Å². The van der Waals surface area contributed by atoms with E-state index in [0.717, 1.165) is 0 Å². The first-order valence-electron chi connectivity index (χ1n) is 8.37. The van der Waals surface area contributed by atoms with Crippen LogP contribution in [0.15, 0.2) is 18.2 Å². The summed E-state index contributed by atoms with van der Waals surface area (Å²) in [6.45, 7) is 0.886. The summed E-state index contributed by atoms with van der Waals surface area (Å²) in [4.78, 5) is 14.6. The van der Waals surface area contributed by atoms with E-state index in [9.17, 15) is 13.2 Å². The van der Waals surface area contributed by atoms with Crippen LogP contribution in [0.25, 0.3) is 0 Å². The first-order chi connectivity index (χ1) is 11.9. The predicted octanol–water partition coefficient (Wildman–Crippen LogP) is 1.07. The molecule has 0 spiro atoms. The van der Waals surface area contributed by atoms with Crippen LogP contribution >= 0.6 is 0 Å². The standard InChI is InChI=1S/C17H26N2O5S/c1-19(13-7-11-25(21,22)12-8-13)17(20)14-5-3-6-15(23-2)16(14)24-10-4-9-18/h3,5-6,13H,4,7-12,18H2,1-2H3. The topological polar surface area (TPSA) is 98.9 Å². The lowest BCUT2D eigenvalue weighted by molar-refractivity contribution is 0.0716. The van der Waals surface area contributed by atoms with Gasteiger partial charge in [0.1, 0.15) is 9.84 Å². The van der Waals surface area contributed by atoms with Crippen molar-refractivity contribution >= 4 is 15.7 Å². The number of para-hydroxylation sites is 1. The molecule has 1 aliphatic heterocycles. The first kappa shape index (κ1) is 19.5. The Hall–Kier alpha value is -1.80. The van der Waals surface area contributed by atoms with E-state index in [0.29, 0.717) is 49.5 Å². The number of rotatable bonds is 7. The normalized spacial score (nSPS) is 17.1. The number of carbonyl (C=O) groups excluding carboxylic acids is 1. The highest BCUT2D eigenvalue weighted by Crippen LogP contribution is 2.33. The number of methoxy groups -OCH3 is 1. The van der Waals surface area contributed by atoms with Crippen LogP contribution in [0.2, 0.25) is 0 Å². The number of hydrogen-bond acceptors (Lipinski definition) is 6. The molecule has 0 saturated carbocycles. The van der Waals surface area contributed by atoms with Crippen LogP contribution in [0, 0.1) is 0 Å². The van der Waals surface area contributed by atoms with Crippen molar-refractivity contribution < 1.29 is 22.7 Å². The number of ether oxygens (including phenoxy) is 2. The SMILES string of the molecule is COc1cccc(C(=O)N(C)C2CCS(=O)(=O)CC2)c1OCCCN. The predicted molar refractivity (Wildman–Crippen MR) is 95.9 cm³/mol. The second kappa shape index (κ2) is 8.53. The lowest BCUT2D eigenvalue weighted by Gasteiger charge is -2.31. The molecule has 140 valence electrons. The maximum absolute atomic E-state index is 12.9. The molecule has 0 unspecified atom stereocenters. The molecular weight excluding hydrogens is 344 g/mol. The molecule has 2 N–H and O–H groups in total. The van der Waals surface area contributed by atoms with Crippen LogP contribution in [0.3, 0.4) is 0 Å². The number of carbonyl (C=O) groups is 1. The van der Waals surface area contributed by atoms with E-state index in [1.165, 1.54) is 7.11 Å². The van der Waals surface area contributed by atoms with Gasteiger partial charge in [0.05, 0.1) is 30.8 Å². The third-order valence-electron chi connectivity index (χ3n) is 4.42. The second-order valence-electron chi connectivity index (χ2n) is 6.13. The van der Waals surface area contributed by atoms with Crippen molar-refractivity contribution in [2.24, 2.45) is 5.73 Å². The van der Waals surface area contributed by atoms with Gasteiger partial charge >= 0.3 is 0 Å². The van der Waals surface area contributed by atoms with E-state index in [2.05, 4.69) is 0 Å². The lowest BCUT2D eigenvalue weighted by Crippen LogP contribution is -2.42. The molecular formula is C17H26N2O5S. The van der Waals surface area contributed by atoms with Crippen LogP contribution in [0.1, 0.15) is 29.6 Å². The number of nitrogens with zero attached hydrogens (tertiary/aromatic N) is 1. The smallest absolute Gasteiger partial charge is 0.257 e. The van der Waals surface area contributed by atoms with Gasteiger partial charge in [-0.3, -0.25) is 4.79 Å². The molecule has 2 rings (SSSR count). The molecule has 1 fully saturated rings. The Morgan fingerprint density at radius 3 is 2.60 bits per heavy atom. The molecule has 1 heterocycles. The fourth-order valence-electron chi connectivity index (χ4n) is 2.87. The van der Waals surface area contributed by atoms with Crippen molar-refractivity contribution in [1.82, 2.24) is 4.90 Å². The molecule has 0 atom stereocenters. The van der Waals surface area contributed by atoms with Gasteiger partial charge in [-0.2, -0.15) is 0 Å². The minimum absolute atomic E-state index is 0.0980. The Balaban J connectivity index is 2.19. The van der Waals surface area contributed by atoms with Crippen LogP contribution in [-0.4, -0.2) is 64.1 Å². The van der Waals surface area contributed by atoms with E-state index in [-0.39, 0.29) is 23.5 Å². The zero-order valence-corrected chi connectivity index (χ0v) is 15.5. The van der Waals surface area contributed by atoms with E-state index in [1.54, 1.807) is 30.1 Å². The number of benzene rings is 1. The summed E-state index contributed by atoms with van der Waals surface area (Å²) in [6.07, 6.45) is 1.58. The van der Waals surface area contributed by atoms with Crippen molar-refractivity contribution in [3.05, 3.63) is 23.8 Å². The molecule has 7 nitrogen and oxygen atoms in total. The molecule has 1 saturated heterocycles. The summed E-state index contributed by atoms with van der Waals surface area (Å²) in [5, 5.41) is 0. The fourth-order valence-corrected chi connectivity index (χ4v) is 4.34. The molecule has 8 heteroatoms. The molecule has 1 aliphatic rings. The van der Waals surface area contributed by atoms with Gasteiger partial charge in [0.15, 0.2) is 11.5 Å². The van der Waals surface area contributed by atoms with Crippen LogP contribution < -0.4 is 15.2 Å². The summed E-state index contributed by atoms with van der Waals surface area (Å²) in [7, 11) is 0.258. The zero-order valence-electron chi connectivity index (χ0n) is 14.7. The summed E-state index contributed by atoms with van der Waals surface area (Å²) in [6, 6.07) is 5.07. The lowest BCUT2D eigenvalue weighted by atomic mass is 10.1. The Bertz CT molecular complexity index is 691. The van der Waals surface area contributed by atoms with Crippen LogP contribution in [0.4, 0.5) is 0 Å². The summed E-state index contributed by atoms with van der Waals surface area (Å²) in [5.41, 5.74) is 5.90. The maximum atomic E-state index is 12.9. The number of nitrogens with two attached hydrogens (primary N) is 1. The Morgan fingerprint density at radius 2 is 2.00 bits per heavy atom. The van der Waals surface area contributed by atoms with Gasteiger partial charge in [-0.25, -0.2) is 8.42 Å². The molecule has 25 heavy (non-hydrogen) atoms. The van der Waals surface area contributed by atoms with Gasteiger partial charge < -0.3 is 20.1 Å². The van der Waals surface area contributed by atoms with Crippen LogP contribution in [0.5, 0.6) is 11.5 Å². The largest absolute Gasteiger partial charge is 0.493 e. The molecule has 0 aliphatic carbocycles. The Labute approximate surface area is 149 Å². The Kier molecular flexibility index (Phi) is 6.66. The fraction of sp³-hybridized carbons (Fsp3) is 0.588. The van der Waals surface area contributed by atoms with Gasteiger partial charge in [0.2, 0.25) is 0 Å². The molecule has 1 amide bonds. The van der Waals surface area contributed by atoms with Gasteiger partial charge in [-0.05, 0) is 37.9 Å². The van der Waals surface area contributed by atoms with E-state index in [1.807, 2.05) is 0 Å². The van der Waals surface area contributed by atoms with Gasteiger partial charge in [0.25, 0.3) is 5.91 Å². The van der Waals surface area contributed by atoms with E-state index < -0.39 is 9.84 Å². The Morgan fingerprint density at radius 1 is 1.32 bits per heavy atom. The first-order valence-corrected chi connectivity index (χ1v) is 10.2. The van der Waals surface area contributed by atoms with Crippen molar-refractivity contribution in [2.45, 2.75) is 25.3 Å². The van der Waals surface area contributed by atoms with Gasteiger partial charge in [-0.15, -0.1) is 0 Å². The number of sulfone groups is 1. The van der Waals surface area contributed by atoms with E-state index in [4.69, 9.17) is 15.2 Å². The molecule has 0 aromatic heterocycles. The second-order valence-corrected chi connectivity index (χ2v) is 8.43. The molecule has 1 aromatic rings. The highest BCUT2D eigenvalue weighted by molar-refractivity contribution is 7.91. The number of amides is 1. The molecule has 1 aromatic carbocycles. The third kappa shape index (κ3) is 4.85. The van der Waals surface area contributed by atoms with Crippen molar-refractivity contribution in [2.75, 3.05) is 38.8 Å². The summed E-state index contributed by atoms with van der Waals surface area (Å²) in [5.74, 6) is 0.924. The maximum Gasteiger partial charge on any atom is 0.257 e. The zero-order chi connectivity index (χ0) is 18.4. The quantitative estimate of drug-likeness (QED) is 0.721. The average molecular weight is 370 g/mol. The monoisotopic (exact) mass is 370 g/mol. The minimum atomic E-state index is -2.97. The molecule has 0 radical (unpaired) electrons. The highest BCUT2D eigenvalue weighted by Gasteiger charge is 2.30. The average Bonchev–Trinajstić information content (AvgIpc) is 2.60. The summed E-state index contributed by atoms with van der Waals surface area (Å²) >= 11 is 0. The van der Waals surface area contributed by atoms with Crippen molar-refractivity contribution in [3.63, 3.8) is 0 Å². The van der Waals surface area contributed by atoms with Gasteiger partial charge in [-0.1, -0.05) is 6.07 Å². The summed E-state index contributed by atoms with van der Waals surface area (Å²) < 4.78 is 34.2. The highest BCUT2D eigenvalue weighted by atomic mass is 32.2. The minimum Gasteiger partial charge on any atom is -0.493 e. The van der Waals surface area contributed by atoms with Crippen molar-refractivity contribution in [1.29, 1.82) is 0 Å². The molecule has 0 bridgehead atoms. The number of hydrogen-bond donors (Lipinski definition) is 1. The van der Waals surface area contributed by atoms with Crippen LogP contribution in [-0.2, 0) is 9.84 Å².